The van der Waals surface area contributed by atoms with Crippen LogP contribution in [0, 0.1) is 0 Å². The predicted octanol–water partition coefficient (Wildman–Crippen LogP) is 1.36. The molecule has 166 valence electrons. The zero-order valence-electron chi connectivity index (χ0n) is 18.5. The predicted molar refractivity (Wildman–Crippen MR) is 108 cm³/mol. The fraction of sp³-hybridized carbons (Fsp3) is 0.789. The highest BCUT2D eigenvalue weighted by Gasteiger charge is 2.33. The maximum atomic E-state index is 12.8. The average Bonchev–Trinajstić information content (AvgIpc) is 2.58. The molecule has 0 aromatic heterocycles. The average molecular weight is 414 g/mol. The monoisotopic (exact) mass is 413 g/mol. The molecule has 2 atom stereocenters. The first kappa shape index (κ1) is 24.5. The third kappa shape index (κ3) is 8.16. The van der Waals surface area contributed by atoms with E-state index in [1.807, 2.05) is 13.8 Å². The highest BCUT2D eigenvalue weighted by molar-refractivity contribution is 5.89. The molecule has 1 saturated heterocycles. The van der Waals surface area contributed by atoms with Crippen LogP contribution in [0.15, 0.2) is 0 Å². The first-order valence-electron chi connectivity index (χ1n) is 10.0. The van der Waals surface area contributed by atoms with Gasteiger partial charge in [-0.25, -0.2) is 19.6 Å². The number of hydrogen-bond donors (Lipinski definition) is 3. The summed E-state index contributed by atoms with van der Waals surface area (Å²) in [6.07, 6.45) is 0.765. The Labute approximate surface area is 172 Å². The van der Waals surface area contributed by atoms with Crippen molar-refractivity contribution < 1.29 is 23.9 Å². The lowest BCUT2D eigenvalue weighted by Gasteiger charge is -2.40. The third-order valence-corrected chi connectivity index (χ3v) is 4.04. The summed E-state index contributed by atoms with van der Waals surface area (Å²) in [4.78, 5) is 49.5. The molecule has 10 heteroatoms. The number of carbonyl (C=O) groups is 4. The van der Waals surface area contributed by atoms with E-state index in [1.54, 1.807) is 27.7 Å². The number of carbonyl (C=O) groups excluding carboxylic acids is 4. The van der Waals surface area contributed by atoms with E-state index in [0.717, 1.165) is 12.8 Å². The number of ether oxygens (including phenoxy) is 1. The molecule has 0 aromatic carbocycles. The minimum absolute atomic E-state index is 0.0466. The number of hydrogen-bond acceptors (Lipinski definition) is 5. The van der Waals surface area contributed by atoms with Gasteiger partial charge in [-0.15, -0.1) is 0 Å². The molecular formula is C19H35N5O5. The number of rotatable bonds is 5. The van der Waals surface area contributed by atoms with Gasteiger partial charge in [-0.3, -0.25) is 9.59 Å². The van der Waals surface area contributed by atoms with Crippen molar-refractivity contribution in [3.8, 4) is 0 Å². The molecule has 1 heterocycles. The number of amides is 5. The Morgan fingerprint density at radius 2 is 1.38 bits per heavy atom. The van der Waals surface area contributed by atoms with Gasteiger partial charge in [-0.05, 0) is 61.3 Å². The van der Waals surface area contributed by atoms with Crippen molar-refractivity contribution >= 4 is 23.9 Å². The number of nitrogens with zero attached hydrogens (tertiary/aromatic N) is 2. The van der Waals surface area contributed by atoms with E-state index < -0.39 is 35.7 Å². The van der Waals surface area contributed by atoms with E-state index in [0.29, 0.717) is 13.1 Å². The van der Waals surface area contributed by atoms with E-state index in [2.05, 4.69) is 16.0 Å². The van der Waals surface area contributed by atoms with Crippen LogP contribution in [0.25, 0.3) is 0 Å². The Morgan fingerprint density at radius 3 is 1.90 bits per heavy atom. The van der Waals surface area contributed by atoms with Crippen LogP contribution in [0.3, 0.4) is 0 Å². The van der Waals surface area contributed by atoms with Gasteiger partial charge < -0.3 is 20.7 Å². The number of hydrazine groups is 1. The smallest absolute Gasteiger partial charge is 0.408 e. The van der Waals surface area contributed by atoms with Gasteiger partial charge in [0, 0.05) is 19.1 Å². The molecule has 1 fully saturated rings. The molecule has 0 aliphatic carbocycles. The minimum atomic E-state index is -0.875. The Balaban J connectivity index is 2.75. The summed E-state index contributed by atoms with van der Waals surface area (Å²) in [5.41, 5.74) is -0.684. The molecule has 0 radical (unpaired) electrons. The van der Waals surface area contributed by atoms with Crippen LogP contribution in [-0.2, 0) is 14.3 Å². The van der Waals surface area contributed by atoms with Crippen molar-refractivity contribution in [3.63, 3.8) is 0 Å². The summed E-state index contributed by atoms with van der Waals surface area (Å²) in [5.74, 6) is -0.729. The second kappa shape index (κ2) is 10.3. The molecule has 0 bridgehead atoms. The largest absolute Gasteiger partial charge is 0.444 e. The molecule has 1 aliphatic heterocycles. The van der Waals surface area contributed by atoms with Crippen LogP contribution in [0.5, 0.6) is 0 Å². The summed E-state index contributed by atoms with van der Waals surface area (Å²) in [6, 6.07) is -2.20. The topological polar surface area (TPSA) is 120 Å². The Morgan fingerprint density at radius 1 is 0.828 bits per heavy atom. The lowest BCUT2D eigenvalue weighted by Crippen LogP contribution is -2.61. The molecule has 3 N–H and O–H groups in total. The molecule has 10 nitrogen and oxygen atoms in total. The number of urea groups is 1. The van der Waals surface area contributed by atoms with Crippen molar-refractivity contribution in [1.82, 2.24) is 26.0 Å². The van der Waals surface area contributed by atoms with Crippen molar-refractivity contribution in [2.45, 2.75) is 85.0 Å². The van der Waals surface area contributed by atoms with Crippen LogP contribution in [0.1, 0.15) is 61.3 Å². The van der Waals surface area contributed by atoms with Crippen LogP contribution >= 0.6 is 0 Å². The quantitative estimate of drug-likeness (QED) is 0.629. The van der Waals surface area contributed by atoms with Crippen molar-refractivity contribution in [2.75, 3.05) is 13.1 Å². The zero-order chi connectivity index (χ0) is 22.4. The second-order valence-electron chi connectivity index (χ2n) is 8.49. The molecule has 1 aliphatic rings. The summed E-state index contributed by atoms with van der Waals surface area (Å²) in [5, 5.41) is 10.5. The highest BCUT2D eigenvalue weighted by Crippen LogP contribution is 2.14. The molecule has 1 rings (SSSR count). The number of alkyl carbamates (subject to hydrolysis) is 1. The van der Waals surface area contributed by atoms with Crippen molar-refractivity contribution in [2.24, 2.45) is 0 Å². The van der Waals surface area contributed by atoms with Crippen molar-refractivity contribution in [1.29, 1.82) is 0 Å². The third-order valence-electron chi connectivity index (χ3n) is 4.04. The summed E-state index contributed by atoms with van der Waals surface area (Å²) < 4.78 is 5.17. The lowest BCUT2D eigenvalue weighted by atomic mass is 10.2. The van der Waals surface area contributed by atoms with Gasteiger partial charge in [-0.2, -0.15) is 0 Å². The molecule has 5 amide bonds. The fourth-order valence-electron chi connectivity index (χ4n) is 2.71. The van der Waals surface area contributed by atoms with Gasteiger partial charge in [0.15, 0.2) is 0 Å². The first-order valence-corrected chi connectivity index (χ1v) is 10.0. The Hall–Kier alpha value is -2.52. The Bertz CT molecular complexity index is 617. The lowest BCUT2D eigenvalue weighted by molar-refractivity contribution is -0.149. The summed E-state index contributed by atoms with van der Waals surface area (Å²) in [6.45, 7) is 12.7. The van der Waals surface area contributed by atoms with Crippen molar-refractivity contribution in [3.05, 3.63) is 0 Å². The maximum absolute atomic E-state index is 12.8. The van der Waals surface area contributed by atoms with Gasteiger partial charge in [0.25, 0.3) is 5.91 Å². The van der Waals surface area contributed by atoms with Gasteiger partial charge in [0.2, 0.25) is 5.91 Å². The summed E-state index contributed by atoms with van der Waals surface area (Å²) in [7, 11) is 0. The van der Waals surface area contributed by atoms with Crippen LogP contribution in [0.2, 0.25) is 0 Å². The molecule has 0 spiro atoms. The second-order valence-corrected chi connectivity index (χ2v) is 8.49. The molecule has 0 unspecified atom stereocenters. The maximum Gasteiger partial charge on any atom is 0.408 e. The van der Waals surface area contributed by atoms with Gasteiger partial charge in [0.05, 0.1) is 0 Å². The highest BCUT2D eigenvalue weighted by atomic mass is 16.6. The molecule has 29 heavy (non-hydrogen) atoms. The van der Waals surface area contributed by atoms with Crippen LogP contribution < -0.4 is 16.0 Å². The van der Waals surface area contributed by atoms with Gasteiger partial charge >= 0.3 is 12.1 Å². The van der Waals surface area contributed by atoms with E-state index in [4.69, 9.17) is 4.74 Å². The minimum Gasteiger partial charge on any atom is -0.444 e. The number of nitrogens with one attached hydrogen (secondary N) is 3. The molecular weight excluding hydrogens is 378 g/mol. The first-order chi connectivity index (χ1) is 13.3. The van der Waals surface area contributed by atoms with Gasteiger partial charge in [0.1, 0.15) is 17.7 Å². The van der Waals surface area contributed by atoms with E-state index in [1.165, 1.54) is 16.9 Å². The SMILES string of the molecule is CC(C)NC(=O)[C@H](C)NC(=O)N1CCCCN1C(=O)[C@H](C)NC(=O)OC(C)(C)C. The zero-order valence-corrected chi connectivity index (χ0v) is 18.5. The molecule has 0 aromatic rings. The van der Waals surface area contributed by atoms with Gasteiger partial charge in [-0.1, -0.05) is 0 Å². The van der Waals surface area contributed by atoms with E-state index in [9.17, 15) is 19.2 Å². The van der Waals surface area contributed by atoms with Crippen LogP contribution in [0.4, 0.5) is 9.59 Å². The van der Waals surface area contributed by atoms with Crippen LogP contribution in [-0.4, -0.2) is 70.8 Å². The standard InChI is InChI=1S/C19H35N5O5/c1-12(2)20-15(25)13(3)21-17(27)24-11-9-8-10-23(24)16(26)14(4)22-18(28)29-19(5,6)7/h12-14H,8-11H2,1-7H3,(H,20,25)(H,21,27)(H,22,28)/t13-,14-/m0/s1. The molecule has 0 saturated carbocycles. The van der Waals surface area contributed by atoms with E-state index >= 15 is 0 Å². The summed E-state index contributed by atoms with van der Waals surface area (Å²) >= 11 is 0. The normalized spacial score (nSPS) is 16.7. The fourth-order valence-corrected chi connectivity index (χ4v) is 2.71. The Kier molecular flexibility index (Phi) is 8.72. The van der Waals surface area contributed by atoms with E-state index in [-0.39, 0.29) is 11.9 Å².